The van der Waals surface area contributed by atoms with Gasteiger partial charge in [0.15, 0.2) is 11.5 Å². The molecule has 128 valence electrons. The highest BCUT2D eigenvalue weighted by atomic mass is 16.2. The molecule has 1 aromatic carbocycles. The van der Waals surface area contributed by atoms with Crippen LogP contribution < -0.4 is 10.2 Å². The number of carbonyl (C=O) groups excluding carboxylic acids is 1. The maximum atomic E-state index is 12.9. The molecule has 0 aliphatic carbocycles. The predicted octanol–water partition coefficient (Wildman–Crippen LogP) is 2.29. The minimum Gasteiger partial charge on any atom is -0.357 e. The standard InChI is InChI=1S/C18H20N6O/c1-2-16-20-21-17-11-10-15(22-24(16)17)19-14-9-6-12-23(18(14)25)13-7-4-3-5-8-13/h3-5,7-8,10-11,14H,2,6,9,12H2,1H3,(H,19,22). The van der Waals surface area contributed by atoms with Crippen LogP contribution in [0.25, 0.3) is 5.65 Å². The van der Waals surface area contributed by atoms with Crippen molar-refractivity contribution in [1.29, 1.82) is 0 Å². The Labute approximate surface area is 145 Å². The lowest BCUT2D eigenvalue weighted by Gasteiger charge is -2.32. The third kappa shape index (κ3) is 2.93. The summed E-state index contributed by atoms with van der Waals surface area (Å²) in [5.74, 6) is 1.55. The second-order valence-corrected chi connectivity index (χ2v) is 6.12. The van der Waals surface area contributed by atoms with E-state index >= 15 is 0 Å². The number of para-hydroxylation sites is 1. The molecule has 1 saturated heterocycles. The maximum Gasteiger partial charge on any atom is 0.249 e. The van der Waals surface area contributed by atoms with E-state index in [1.807, 2.05) is 54.3 Å². The average Bonchev–Trinajstić information content (AvgIpc) is 3.06. The van der Waals surface area contributed by atoms with Gasteiger partial charge in [0.25, 0.3) is 0 Å². The topological polar surface area (TPSA) is 75.4 Å². The van der Waals surface area contributed by atoms with Crippen molar-refractivity contribution in [2.24, 2.45) is 0 Å². The molecule has 1 aliphatic heterocycles. The third-order valence-electron chi connectivity index (χ3n) is 4.47. The maximum absolute atomic E-state index is 12.9. The van der Waals surface area contributed by atoms with Crippen molar-refractivity contribution in [1.82, 2.24) is 19.8 Å². The quantitative estimate of drug-likeness (QED) is 0.791. The van der Waals surface area contributed by atoms with E-state index in [9.17, 15) is 4.79 Å². The molecule has 2 aromatic heterocycles. The van der Waals surface area contributed by atoms with Crippen LogP contribution in [-0.2, 0) is 11.2 Å². The molecule has 3 heterocycles. The Kier molecular flexibility index (Phi) is 4.05. The van der Waals surface area contributed by atoms with E-state index in [0.29, 0.717) is 11.5 Å². The van der Waals surface area contributed by atoms with E-state index in [4.69, 9.17) is 0 Å². The largest absolute Gasteiger partial charge is 0.357 e. The summed E-state index contributed by atoms with van der Waals surface area (Å²) in [6, 6.07) is 13.2. The van der Waals surface area contributed by atoms with Crippen LogP contribution in [0.2, 0.25) is 0 Å². The van der Waals surface area contributed by atoms with Gasteiger partial charge in [-0.05, 0) is 37.1 Å². The van der Waals surface area contributed by atoms with Crippen LogP contribution in [0.1, 0.15) is 25.6 Å². The van der Waals surface area contributed by atoms with E-state index in [2.05, 4.69) is 20.6 Å². The molecule has 3 aromatic rings. The summed E-state index contributed by atoms with van der Waals surface area (Å²) in [5, 5.41) is 16.0. The summed E-state index contributed by atoms with van der Waals surface area (Å²) in [6.45, 7) is 2.76. The van der Waals surface area contributed by atoms with Crippen molar-refractivity contribution in [3.63, 3.8) is 0 Å². The number of fused-ring (bicyclic) bond motifs is 1. The number of anilines is 2. The minimum atomic E-state index is -0.277. The van der Waals surface area contributed by atoms with Crippen molar-refractivity contribution >= 4 is 23.1 Å². The molecule has 0 saturated carbocycles. The SMILES string of the molecule is CCc1nnc2ccc(NC3CCCN(c4ccccc4)C3=O)nn12. The van der Waals surface area contributed by atoms with Crippen molar-refractivity contribution in [3.05, 3.63) is 48.3 Å². The number of piperidine rings is 1. The van der Waals surface area contributed by atoms with Gasteiger partial charge in [-0.15, -0.1) is 15.3 Å². The van der Waals surface area contributed by atoms with Gasteiger partial charge in [0.05, 0.1) is 0 Å². The zero-order valence-corrected chi connectivity index (χ0v) is 14.1. The number of amides is 1. The summed E-state index contributed by atoms with van der Waals surface area (Å²) in [7, 11) is 0. The van der Waals surface area contributed by atoms with Crippen LogP contribution in [-0.4, -0.2) is 38.3 Å². The smallest absolute Gasteiger partial charge is 0.249 e. The van der Waals surface area contributed by atoms with Crippen molar-refractivity contribution in [2.45, 2.75) is 32.2 Å². The zero-order chi connectivity index (χ0) is 17.2. The Balaban J connectivity index is 1.56. The molecular weight excluding hydrogens is 316 g/mol. The van der Waals surface area contributed by atoms with Crippen molar-refractivity contribution < 1.29 is 4.79 Å². The van der Waals surface area contributed by atoms with E-state index in [-0.39, 0.29) is 11.9 Å². The lowest BCUT2D eigenvalue weighted by Crippen LogP contribution is -2.47. The number of benzene rings is 1. The van der Waals surface area contributed by atoms with Gasteiger partial charge in [0.2, 0.25) is 5.91 Å². The lowest BCUT2D eigenvalue weighted by atomic mass is 10.0. The number of nitrogens with one attached hydrogen (secondary N) is 1. The van der Waals surface area contributed by atoms with E-state index in [1.165, 1.54) is 0 Å². The summed E-state index contributed by atoms with van der Waals surface area (Å²) >= 11 is 0. The molecule has 1 fully saturated rings. The number of hydrogen-bond acceptors (Lipinski definition) is 5. The molecule has 0 bridgehead atoms. The molecule has 7 heteroatoms. The van der Waals surface area contributed by atoms with Crippen LogP contribution in [0.3, 0.4) is 0 Å². The fourth-order valence-corrected chi connectivity index (χ4v) is 3.18. The Hall–Kier alpha value is -2.96. The molecule has 1 atom stereocenters. The molecule has 0 spiro atoms. The van der Waals surface area contributed by atoms with E-state index in [1.54, 1.807) is 4.52 Å². The van der Waals surface area contributed by atoms with Crippen LogP contribution >= 0.6 is 0 Å². The zero-order valence-electron chi connectivity index (χ0n) is 14.1. The Morgan fingerprint density at radius 1 is 1.16 bits per heavy atom. The van der Waals surface area contributed by atoms with Gasteiger partial charge in [0.1, 0.15) is 11.9 Å². The van der Waals surface area contributed by atoms with Gasteiger partial charge in [-0.1, -0.05) is 25.1 Å². The van der Waals surface area contributed by atoms with Gasteiger partial charge < -0.3 is 10.2 Å². The van der Waals surface area contributed by atoms with Gasteiger partial charge in [-0.25, -0.2) is 0 Å². The number of carbonyl (C=O) groups is 1. The Morgan fingerprint density at radius 2 is 2.00 bits per heavy atom. The van der Waals surface area contributed by atoms with E-state index in [0.717, 1.165) is 37.3 Å². The normalized spacial score (nSPS) is 17.9. The molecule has 1 aliphatic rings. The Bertz CT molecular complexity index is 891. The van der Waals surface area contributed by atoms with E-state index < -0.39 is 0 Å². The molecule has 1 amide bonds. The first-order valence-electron chi connectivity index (χ1n) is 8.60. The summed E-state index contributed by atoms with van der Waals surface area (Å²) in [4.78, 5) is 14.7. The molecule has 1 unspecified atom stereocenters. The first-order valence-corrected chi connectivity index (χ1v) is 8.60. The molecular formula is C18H20N6O. The van der Waals surface area contributed by atoms with Crippen LogP contribution in [0, 0.1) is 0 Å². The molecule has 1 N–H and O–H groups in total. The van der Waals surface area contributed by atoms with Gasteiger partial charge >= 0.3 is 0 Å². The minimum absolute atomic E-state index is 0.0822. The summed E-state index contributed by atoms with van der Waals surface area (Å²) in [5.41, 5.74) is 1.65. The monoisotopic (exact) mass is 336 g/mol. The first kappa shape index (κ1) is 15.6. The first-order chi connectivity index (χ1) is 12.3. The predicted molar refractivity (Wildman–Crippen MR) is 95.6 cm³/mol. The van der Waals surface area contributed by atoms with Crippen molar-refractivity contribution in [3.8, 4) is 0 Å². The summed E-state index contributed by atoms with van der Waals surface area (Å²) < 4.78 is 1.73. The van der Waals surface area contributed by atoms with Crippen molar-refractivity contribution in [2.75, 3.05) is 16.8 Å². The lowest BCUT2D eigenvalue weighted by molar-refractivity contribution is -0.120. The highest BCUT2D eigenvalue weighted by molar-refractivity contribution is 5.99. The van der Waals surface area contributed by atoms with Crippen LogP contribution in [0.4, 0.5) is 11.5 Å². The highest BCUT2D eigenvalue weighted by Gasteiger charge is 2.29. The second kappa shape index (κ2) is 6.51. The second-order valence-electron chi connectivity index (χ2n) is 6.12. The van der Waals surface area contributed by atoms with Crippen LogP contribution in [0.15, 0.2) is 42.5 Å². The fourth-order valence-electron chi connectivity index (χ4n) is 3.18. The molecule has 0 radical (unpaired) electrons. The van der Waals surface area contributed by atoms with Crippen LogP contribution in [0.5, 0.6) is 0 Å². The molecule has 4 rings (SSSR count). The number of nitrogens with zero attached hydrogens (tertiary/aromatic N) is 5. The average molecular weight is 336 g/mol. The fraction of sp³-hybridized carbons (Fsp3) is 0.333. The highest BCUT2D eigenvalue weighted by Crippen LogP contribution is 2.22. The van der Waals surface area contributed by atoms with Gasteiger partial charge in [-0.3, -0.25) is 4.79 Å². The number of aryl methyl sites for hydroxylation is 1. The van der Waals surface area contributed by atoms with Gasteiger partial charge in [0, 0.05) is 18.7 Å². The van der Waals surface area contributed by atoms with Gasteiger partial charge in [-0.2, -0.15) is 4.52 Å². The molecule has 25 heavy (non-hydrogen) atoms. The molecule has 7 nitrogen and oxygen atoms in total. The summed E-state index contributed by atoms with van der Waals surface area (Å²) in [6.07, 6.45) is 2.50. The number of aromatic nitrogens is 4. The number of rotatable bonds is 4. The third-order valence-corrected chi connectivity index (χ3v) is 4.47. The number of hydrogen-bond donors (Lipinski definition) is 1. The Morgan fingerprint density at radius 3 is 2.80 bits per heavy atom.